The van der Waals surface area contributed by atoms with Crippen LogP contribution < -0.4 is 0 Å². The molecule has 3 aromatic rings. The van der Waals surface area contributed by atoms with Gasteiger partial charge >= 0.3 is 0 Å². The maximum absolute atomic E-state index is 6.21. The second-order valence-corrected chi connectivity index (χ2v) is 8.61. The Hall–Kier alpha value is -1.74. The summed E-state index contributed by atoms with van der Waals surface area (Å²) in [5.74, 6) is 0.970. The number of thioether (sulfide) groups is 1. The first kappa shape index (κ1) is 18.6. The summed E-state index contributed by atoms with van der Waals surface area (Å²) >= 11 is 8.23. The highest BCUT2D eigenvalue weighted by Crippen LogP contribution is 2.53. The molecule has 0 aromatic heterocycles. The summed E-state index contributed by atoms with van der Waals surface area (Å²) in [5.41, 5.74) is 5.52. The lowest BCUT2D eigenvalue weighted by atomic mass is 9.97. The first-order chi connectivity index (χ1) is 13.2. The maximum atomic E-state index is 6.21. The van der Waals surface area contributed by atoms with E-state index >= 15 is 0 Å². The fraction of sp³-hybridized carbons (Fsp3) is 0.250. The first-order valence-electron chi connectivity index (χ1n) is 9.51. The van der Waals surface area contributed by atoms with Crippen molar-refractivity contribution in [2.24, 2.45) is 0 Å². The van der Waals surface area contributed by atoms with Gasteiger partial charge in [0, 0.05) is 23.9 Å². The van der Waals surface area contributed by atoms with Gasteiger partial charge in [-0.25, -0.2) is 0 Å². The Morgan fingerprint density at radius 2 is 1.63 bits per heavy atom. The van der Waals surface area contributed by atoms with Gasteiger partial charge in [-0.3, -0.25) is 4.90 Å². The lowest BCUT2D eigenvalue weighted by Gasteiger charge is -2.39. The molecule has 3 aromatic carbocycles. The zero-order valence-electron chi connectivity index (χ0n) is 15.6. The number of hydrogen-bond acceptors (Lipinski definition) is 2. The highest BCUT2D eigenvalue weighted by molar-refractivity contribution is 7.99. The summed E-state index contributed by atoms with van der Waals surface area (Å²) in [4.78, 5) is 2.46. The molecule has 1 aliphatic heterocycles. The Labute approximate surface area is 171 Å². The first-order valence-corrected chi connectivity index (χ1v) is 10.9. The van der Waals surface area contributed by atoms with E-state index in [-0.39, 0.29) is 4.87 Å². The molecule has 0 radical (unpaired) electrons. The molecule has 0 spiro atoms. The lowest BCUT2D eigenvalue weighted by Crippen LogP contribution is -2.39. The fourth-order valence-corrected chi connectivity index (χ4v) is 5.70. The van der Waals surface area contributed by atoms with Gasteiger partial charge in [0.1, 0.15) is 4.87 Å². The van der Waals surface area contributed by atoms with Crippen LogP contribution in [0.5, 0.6) is 0 Å². The van der Waals surface area contributed by atoms with E-state index in [1.165, 1.54) is 22.3 Å². The van der Waals surface area contributed by atoms with Crippen LogP contribution in [0, 0.1) is 0 Å². The van der Waals surface area contributed by atoms with Crippen LogP contribution in [-0.2, 0) is 17.2 Å². The average Bonchev–Trinajstić information content (AvgIpc) is 3.02. The summed E-state index contributed by atoms with van der Waals surface area (Å²) in [7, 11) is 0. The van der Waals surface area contributed by atoms with Crippen LogP contribution in [0.1, 0.15) is 35.6 Å². The summed E-state index contributed by atoms with van der Waals surface area (Å²) in [6.07, 6.45) is 1.13. The van der Waals surface area contributed by atoms with E-state index in [1.807, 2.05) is 23.9 Å². The van der Waals surface area contributed by atoms with Crippen molar-refractivity contribution in [3.8, 4) is 0 Å². The molecule has 0 aliphatic carbocycles. The molecule has 0 amide bonds. The molecule has 0 fully saturated rings. The van der Waals surface area contributed by atoms with E-state index in [4.69, 9.17) is 11.6 Å². The number of rotatable bonds is 6. The second-order valence-electron chi connectivity index (χ2n) is 7.00. The van der Waals surface area contributed by atoms with Crippen molar-refractivity contribution in [1.82, 2.24) is 4.90 Å². The molecule has 1 atom stereocenters. The quantitative estimate of drug-likeness (QED) is 0.458. The molecule has 1 nitrogen and oxygen atoms in total. The Bertz CT molecular complexity index is 894. The minimum atomic E-state index is -0.174. The predicted octanol–water partition coefficient (Wildman–Crippen LogP) is 6.70. The van der Waals surface area contributed by atoms with E-state index < -0.39 is 0 Å². The summed E-state index contributed by atoms with van der Waals surface area (Å²) in [5, 5.41) is 0.787. The van der Waals surface area contributed by atoms with Gasteiger partial charge in [0.05, 0.1) is 0 Å². The monoisotopic (exact) mass is 393 g/mol. The average molecular weight is 394 g/mol. The largest absolute Gasteiger partial charge is 0.277 e. The van der Waals surface area contributed by atoms with Gasteiger partial charge in [0.2, 0.25) is 0 Å². The van der Waals surface area contributed by atoms with E-state index in [9.17, 15) is 0 Å². The molecule has 0 bridgehead atoms. The van der Waals surface area contributed by atoms with Gasteiger partial charge in [-0.2, -0.15) is 0 Å². The molecule has 0 N–H and O–H groups in total. The molecule has 27 heavy (non-hydrogen) atoms. The third-order valence-electron chi connectivity index (χ3n) is 5.21. The van der Waals surface area contributed by atoms with Crippen molar-refractivity contribution in [2.75, 3.05) is 6.54 Å². The summed E-state index contributed by atoms with van der Waals surface area (Å²) in [6.45, 7) is 4.32. The minimum Gasteiger partial charge on any atom is -0.277 e. The Balaban J connectivity index is 1.82. The molecular weight excluding hydrogens is 370 g/mol. The van der Waals surface area contributed by atoms with Gasteiger partial charge in [-0.1, -0.05) is 85.3 Å². The molecule has 1 unspecified atom stereocenters. The van der Waals surface area contributed by atoms with Crippen LogP contribution in [-0.4, -0.2) is 11.4 Å². The van der Waals surface area contributed by atoms with Crippen molar-refractivity contribution in [2.45, 2.75) is 30.5 Å². The molecule has 3 heteroatoms. The van der Waals surface area contributed by atoms with Crippen molar-refractivity contribution >= 4 is 23.4 Å². The van der Waals surface area contributed by atoms with Crippen LogP contribution in [0.2, 0.25) is 5.02 Å². The standard InChI is InChI=1S/C24H24ClNS/c1-2-16-26-17-20-10-6-7-11-23(20)24(26,21-12-14-22(25)15-13-21)27-18-19-8-4-3-5-9-19/h3-15H,2,16-18H2,1H3. The van der Waals surface area contributed by atoms with Gasteiger partial charge in [-0.15, -0.1) is 11.8 Å². The fourth-order valence-electron chi connectivity index (χ4n) is 4.01. The molecule has 1 aliphatic rings. The van der Waals surface area contributed by atoms with Gasteiger partial charge in [0.15, 0.2) is 0 Å². The van der Waals surface area contributed by atoms with Crippen molar-refractivity contribution in [1.29, 1.82) is 0 Å². The molecule has 1 heterocycles. The normalized spacial score (nSPS) is 19.2. The molecule has 0 saturated carbocycles. The molecule has 4 rings (SSSR count). The van der Waals surface area contributed by atoms with Crippen LogP contribution in [0.25, 0.3) is 0 Å². The summed E-state index contributed by atoms with van der Waals surface area (Å²) in [6, 6.07) is 28.1. The third kappa shape index (κ3) is 3.54. The maximum Gasteiger partial charge on any atom is 0.119 e. The smallest absolute Gasteiger partial charge is 0.119 e. The Morgan fingerprint density at radius 3 is 2.37 bits per heavy atom. The Morgan fingerprint density at radius 1 is 0.926 bits per heavy atom. The highest BCUT2D eigenvalue weighted by Gasteiger charge is 2.46. The second kappa shape index (κ2) is 8.10. The lowest BCUT2D eigenvalue weighted by molar-refractivity contribution is 0.217. The topological polar surface area (TPSA) is 3.24 Å². The Kier molecular flexibility index (Phi) is 5.58. The van der Waals surface area contributed by atoms with Crippen LogP contribution in [0.15, 0.2) is 78.9 Å². The van der Waals surface area contributed by atoms with Crippen LogP contribution in [0.4, 0.5) is 0 Å². The van der Waals surface area contributed by atoms with Gasteiger partial charge < -0.3 is 0 Å². The number of halogens is 1. The van der Waals surface area contributed by atoms with E-state index in [0.717, 1.165) is 30.3 Å². The number of nitrogens with zero attached hydrogens (tertiary/aromatic N) is 1. The highest BCUT2D eigenvalue weighted by atomic mass is 35.5. The van der Waals surface area contributed by atoms with Crippen molar-refractivity contribution in [3.63, 3.8) is 0 Å². The van der Waals surface area contributed by atoms with E-state index in [2.05, 4.69) is 78.6 Å². The van der Waals surface area contributed by atoms with E-state index in [1.54, 1.807) is 0 Å². The number of benzene rings is 3. The zero-order chi connectivity index (χ0) is 18.7. The van der Waals surface area contributed by atoms with Gasteiger partial charge in [0.25, 0.3) is 0 Å². The van der Waals surface area contributed by atoms with Crippen LogP contribution in [0.3, 0.4) is 0 Å². The summed E-state index contributed by atoms with van der Waals surface area (Å²) < 4.78 is 0. The van der Waals surface area contributed by atoms with Crippen molar-refractivity contribution < 1.29 is 0 Å². The molecule has 138 valence electrons. The number of fused-ring (bicyclic) bond motifs is 1. The minimum absolute atomic E-state index is 0.174. The molecule has 0 saturated heterocycles. The van der Waals surface area contributed by atoms with Crippen molar-refractivity contribution in [3.05, 3.63) is 106 Å². The van der Waals surface area contributed by atoms with Crippen LogP contribution >= 0.6 is 23.4 Å². The predicted molar refractivity (Wildman–Crippen MR) is 117 cm³/mol. The van der Waals surface area contributed by atoms with E-state index in [0.29, 0.717) is 0 Å². The SMILES string of the molecule is CCCN1Cc2ccccc2C1(SCc1ccccc1)c1ccc(Cl)cc1. The van der Waals surface area contributed by atoms with Gasteiger partial charge in [-0.05, 0) is 40.8 Å². The molecular formula is C24H24ClNS. The third-order valence-corrected chi connectivity index (χ3v) is 7.07. The number of hydrogen-bond donors (Lipinski definition) is 0. The zero-order valence-corrected chi connectivity index (χ0v) is 17.1.